The van der Waals surface area contributed by atoms with Crippen molar-refractivity contribution in [1.29, 1.82) is 0 Å². The molecule has 0 aliphatic rings. The molecule has 0 fully saturated rings. The summed E-state index contributed by atoms with van der Waals surface area (Å²) < 4.78 is 42.8. The Morgan fingerprint density at radius 1 is 1.15 bits per heavy atom. The monoisotopic (exact) mass is 383 g/mol. The van der Waals surface area contributed by atoms with Crippen molar-refractivity contribution < 1.29 is 22.7 Å². The van der Waals surface area contributed by atoms with Gasteiger partial charge in [-0.25, -0.2) is 4.79 Å². The fourth-order valence-corrected chi connectivity index (χ4v) is 2.32. The Balaban J connectivity index is 1.73. The van der Waals surface area contributed by atoms with Crippen LogP contribution in [-0.2, 0) is 17.5 Å². The van der Waals surface area contributed by atoms with Crippen LogP contribution in [0.15, 0.2) is 54.6 Å². The van der Waals surface area contributed by atoms with E-state index in [4.69, 9.17) is 16.3 Å². The zero-order valence-electron chi connectivity index (χ0n) is 13.7. The lowest BCUT2D eigenvalue weighted by atomic mass is 10.1. The van der Waals surface area contributed by atoms with E-state index in [1.165, 1.54) is 6.07 Å². The third-order valence-electron chi connectivity index (χ3n) is 3.42. The second kappa shape index (κ2) is 9.29. The van der Waals surface area contributed by atoms with E-state index in [0.717, 1.165) is 17.7 Å². The van der Waals surface area contributed by atoms with Crippen LogP contribution in [0.1, 0.15) is 23.1 Å². The molecule has 1 amide bonds. The van der Waals surface area contributed by atoms with Gasteiger partial charge < -0.3 is 10.1 Å². The Morgan fingerprint density at radius 2 is 1.88 bits per heavy atom. The molecule has 2 rings (SSSR count). The quantitative estimate of drug-likeness (QED) is 0.651. The van der Waals surface area contributed by atoms with Crippen molar-refractivity contribution in [2.45, 2.75) is 19.2 Å². The number of halogens is 4. The van der Waals surface area contributed by atoms with Crippen molar-refractivity contribution in [2.24, 2.45) is 0 Å². The van der Waals surface area contributed by atoms with Crippen molar-refractivity contribution in [1.82, 2.24) is 5.32 Å². The largest absolute Gasteiger partial charge is 0.445 e. The molecule has 0 radical (unpaired) electrons. The standard InChI is InChI=1S/C19H17ClF3NO2/c20-17-12-16(19(21,22)23)10-9-15(17)8-4-5-11-24-18(25)26-13-14-6-2-1-3-7-14/h1-4,6-10,12H,5,11,13H2,(H,24,25). The second-order valence-corrected chi connectivity index (χ2v) is 5.82. The van der Waals surface area contributed by atoms with Gasteiger partial charge in [0, 0.05) is 11.6 Å². The normalized spacial score (nSPS) is 11.5. The highest BCUT2D eigenvalue weighted by molar-refractivity contribution is 6.32. The Kier molecular flexibility index (Phi) is 7.09. The summed E-state index contributed by atoms with van der Waals surface area (Å²) in [6.07, 6.45) is -1.14. The number of alkyl carbamates (subject to hydrolysis) is 1. The van der Waals surface area contributed by atoms with Crippen LogP contribution in [0.5, 0.6) is 0 Å². The number of amides is 1. The van der Waals surface area contributed by atoms with Gasteiger partial charge in [0.15, 0.2) is 0 Å². The number of carbonyl (C=O) groups is 1. The van der Waals surface area contributed by atoms with Crippen molar-refractivity contribution >= 4 is 23.8 Å². The first-order valence-electron chi connectivity index (χ1n) is 7.84. The molecule has 0 saturated carbocycles. The van der Waals surface area contributed by atoms with E-state index in [1.807, 2.05) is 30.3 Å². The van der Waals surface area contributed by atoms with Crippen LogP contribution in [0.3, 0.4) is 0 Å². The number of rotatable bonds is 6. The fraction of sp³-hybridized carbons (Fsp3) is 0.211. The maximum absolute atomic E-state index is 12.6. The van der Waals surface area contributed by atoms with Gasteiger partial charge in [-0.3, -0.25) is 0 Å². The number of carbonyl (C=O) groups excluding carboxylic acids is 1. The zero-order valence-corrected chi connectivity index (χ0v) is 14.5. The summed E-state index contributed by atoms with van der Waals surface area (Å²) in [4.78, 5) is 11.6. The minimum atomic E-state index is -4.42. The summed E-state index contributed by atoms with van der Waals surface area (Å²) in [6.45, 7) is 0.520. The molecular weight excluding hydrogens is 367 g/mol. The Bertz CT molecular complexity index is 761. The molecule has 3 nitrogen and oxygen atoms in total. The number of hydrogen-bond donors (Lipinski definition) is 1. The molecule has 2 aromatic carbocycles. The highest BCUT2D eigenvalue weighted by Crippen LogP contribution is 2.32. The number of alkyl halides is 3. The molecule has 2 aromatic rings. The second-order valence-electron chi connectivity index (χ2n) is 5.41. The fourth-order valence-electron chi connectivity index (χ4n) is 2.08. The summed E-state index contributed by atoms with van der Waals surface area (Å²) in [5.74, 6) is 0. The van der Waals surface area contributed by atoms with Gasteiger partial charge in [0.1, 0.15) is 6.61 Å². The summed E-state index contributed by atoms with van der Waals surface area (Å²) >= 11 is 5.86. The average Bonchev–Trinajstić information content (AvgIpc) is 2.61. The first-order valence-corrected chi connectivity index (χ1v) is 8.22. The van der Waals surface area contributed by atoms with Gasteiger partial charge in [-0.15, -0.1) is 0 Å². The molecule has 26 heavy (non-hydrogen) atoms. The lowest BCUT2D eigenvalue weighted by Gasteiger charge is -2.08. The highest BCUT2D eigenvalue weighted by atomic mass is 35.5. The maximum Gasteiger partial charge on any atom is 0.416 e. The minimum absolute atomic E-state index is 0.0197. The number of nitrogens with one attached hydrogen (secondary N) is 1. The van der Waals surface area contributed by atoms with Crippen molar-refractivity contribution in [2.75, 3.05) is 6.54 Å². The Labute approximate surface area is 154 Å². The Morgan fingerprint density at radius 3 is 2.54 bits per heavy atom. The molecule has 0 aliphatic carbocycles. The summed E-state index contributed by atoms with van der Waals surface area (Å²) in [5, 5.41) is 2.61. The smallest absolute Gasteiger partial charge is 0.416 e. The van der Waals surface area contributed by atoms with Crippen LogP contribution < -0.4 is 5.32 Å². The molecule has 0 unspecified atom stereocenters. The molecule has 0 heterocycles. The lowest BCUT2D eigenvalue weighted by molar-refractivity contribution is -0.137. The Hall–Kier alpha value is -2.47. The highest BCUT2D eigenvalue weighted by Gasteiger charge is 2.30. The summed E-state index contributed by atoms with van der Waals surface area (Å²) in [6, 6.07) is 12.5. The predicted octanol–water partition coefficient (Wildman–Crippen LogP) is 5.69. The van der Waals surface area contributed by atoms with Crippen LogP contribution in [0.2, 0.25) is 5.02 Å². The van der Waals surface area contributed by atoms with Crippen LogP contribution in [0.4, 0.5) is 18.0 Å². The number of hydrogen-bond acceptors (Lipinski definition) is 2. The van der Waals surface area contributed by atoms with E-state index in [0.29, 0.717) is 18.5 Å². The molecule has 138 valence electrons. The van der Waals surface area contributed by atoms with E-state index < -0.39 is 17.8 Å². The van der Waals surface area contributed by atoms with Crippen LogP contribution in [0, 0.1) is 0 Å². The van der Waals surface area contributed by atoms with Crippen LogP contribution >= 0.6 is 11.6 Å². The SMILES string of the molecule is O=C(NCCC=Cc1ccc(C(F)(F)F)cc1Cl)OCc1ccccc1. The van der Waals surface area contributed by atoms with Crippen molar-refractivity contribution in [3.63, 3.8) is 0 Å². The first kappa shape index (κ1) is 19.8. The van der Waals surface area contributed by atoms with Gasteiger partial charge in [-0.05, 0) is 29.7 Å². The third-order valence-corrected chi connectivity index (χ3v) is 3.75. The molecule has 1 N–H and O–H groups in total. The summed E-state index contributed by atoms with van der Waals surface area (Å²) in [7, 11) is 0. The van der Waals surface area contributed by atoms with Gasteiger partial charge in [-0.2, -0.15) is 13.2 Å². The topological polar surface area (TPSA) is 38.3 Å². The van der Waals surface area contributed by atoms with Gasteiger partial charge in [-0.1, -0.05) is 60.2 Å². The lowest BCUT2D eigenvalue weighted by Crippen LogP contribution is -2.24. The number of ether oxygens (including phenoxy) is 1. The van der Waals surface area contributed by atoms with Crippen molar-refractivity contribution in [3.05, 3.63) is 76.3 Å². The molecule has 0 atom stereocenters. The minimum Gasteiger partial charge on any atom is -0.445 e. The molecule has 0 spiro atoms. The van der Waals surface area contributed by atoms with Crippen LogP contribution in [0.25, 0.3) is 6.08 Å². The molecule has 0 aliphatic heterocycles. The van der Waals surface area contributed by atoms with E-state index >= 15 is 0 Å². The predicted molar refractivity (Wildman–Crippen MR) is 94.7 cm³/mol. The van der Waals surface area contributed by atoms with E-state index in [2.05, 4.69) is 5.32 Å². The van der Waals surface area contributed by atoms with E-state index in [9.17, 15) is 18.0 Å². The zero-order chi connectivity index (χ0) is 19.0. The molecule has 0 bridgehead atoms. The molecular formula is C19H17ClF3NO2. The van der Waals surface area contributed by atoms with E-state index in [1.54, 1.807) is 12.2 Å². The van der Waals surface area contributed by atoms with Gasteiger partial charge in [0.2, 0.25) is 0 Å². The van der Waals surface area contributed by atoms with Gasteiger partial charge in [0.25, 0.3) is 0 Å². The maximum atomic E-state index is 12.6. The van der Waals surface area contributed by atoms with Gasteiger partial charge >= 0.3 is 12.3 Å². The summed E-state index contributed by atoms with van der Waals surface area (Å²) in [5.41, 5.74) is 0.577. The number of benzene rings is 2. The average molecular weight is 384 g/mol. The molecule has 0 saturated heterocycles. The molecule has 0 aromatic heterocycles. The van der Waals surface area contributed by atoms with Crippen molar-refractivity contribution in [3.8, 4) is 0 Å². The molecule has 7 heteroatoms. The van der Waals surface area contributed by atoms with Gasteiger partial charge in [0.05, 0.1) is 5.56 Å². The first-order chi connectivity index (χ1) is 12.4. The van der Waals surface area contributed by atoms with Crippen LogP contribution in [-0.4, -0.2) is 12.6 Å². The third kappa shape index (κ3) is 6.44. The van der Waals surface area contributed by atoms with E-state index in [-0.39, 0.29) is 11.6 Å².